The molecule has 29 heavy (non-hydrogen) atoms. The second-order valence-corrected chi connectivity index (χ2v) is 8.05. The van der Waals surface area contributed by atoms with E-state index in [1.165, 1.54) is 0 Å². The number of aromatic nitrogens is 1. The molecule has 7 heteroatoms. The van der Waals surface area contributed by atoms with Gasteiger partial charge >= 0.3 is 0 Å². The highest BCUT2D eigenvalue weighted by molar-refractivity contribution is 9.09. The zero-order valence-corrected chi connectivity index (χ0v) is 18.9. The molecule has 0 bridgehead atoms. The van der Waals surface area contributed by atoms with Crippen LogP contribution in [0.2, 0.25) is 0 Å². The van der Waals surface area contributed by atoms with Gasteiger partial charge in [-0.15, -0.1) is 0 Å². The smallest absolute Gasteiger partial charge is 0.270 e. The lowest BCUT2D eigenvalue weighted by Crippen LogP contribution is -2.30. The van der Waals surface area contributed by atoms with E-state index >= 15 is 0 Å². The topological polar surface area (TPSA) is 80.3 Å². The lowest BCUT2D eigenvalue weighted by atomic mass is 10.1. The van der Waals surface area contributed by atoms with E-state index in [1.807, 2.05) is 39.0 Å². The molecule has 0 spiro atoms. The van der Waals surface area contributed by atoms with Crippen LogP contribution < -0.4 is 10.6 Å². The number of carbonyl (C=O) groups is 2. The number of nitrogens with zero attached hydrogens (tertiary/aromatic N) is 1. The highest BCUT2D eigenvalue weighted by Gasteiger charge is 2.20. The molecule has 2 aromatic rings. The molecule has 0 saturated heterocycles. The van der Waals surface area contributed by atoms with Gasteiger partial charge in [-0.1, -0.05) is 48.8 Å². The van der Waals surface area contributed by atoms with Crippen LogP contribution in [0.1, 0.15) is 64.3 Å². The minimum Gasteiger partial charge on any atom is -0.362 e. The van der Waals surface area contributed by atoms with Gasteiger partial charge in [0.2, 0.25) is 0 Å². The Morgan fingerprint density at radius 1 is 1.17 bits per heavy atom. The fourth-order valence-electron chi connectivity index (χ4n) is 2.57. The summed E-state index contributed by atoms with van der Waals surface area (Å²) in [6.45, 7) is 8.99. The van der Waals surface area contributed by atoms with Crippen LogP contribution in [0.25, 0.3) is 0 Å². The molecule has 1 aromatic carbocycles. The van der Waals surface area contributed by atoms with Crippen LogP contribution in [0.5, 0.6) is 0 Å². The Hall–Kier alpha value is -2.25. The van der Waals surface area contributed by atoms with Crippen LogP contribution >= 0.6 is 15.9 Å². The van der Waals surface area contributed by atoms with E-state index < -0.39 is 0 Å². The van der Waals surface area contributed by atoms with Gasteiger partial charge in [-0.2, -0.15) is 0 Å². The van der Waals surface area contributed by atoms with E-state index in [9.17, 15) is 9.59 Å². The Morgan fingerprint density at radius 2 is 1.93 bits per heavy atom. The van der Waals surface area contributed by atoms with E-state index in [0.29, 0.717) is 30.5 Å². The molecule has 1 unspecified atom stereocenters. The lowest BCUT2D eigenvalue weighted by molar-refractivity contribution is 0.0931. The molecule has 1 atom stereocenters. The van der Waals surface area contributed by atoms with E-state index in [0.717, 1.165) is 12.0 Å². The van der Waals surface area contributed by atoms with Gasteiger partial charge in [0, 0.05) is 24.5 Å². The number of alkyl halides is 1. The van der Waals surface area contributed by atoms with Crippen molar-refractivity contribution >= 4 is 33.4 Å². The Bertz CT molecular complexity index is 855. The minimum absolute atomic E-state index is 0.129. The van der Waals surface area contributed by atoms with Gasteiger partial charge < -0.3 is 15.4 Å². The van der Waals surface area contributed by atoms with Crippen molar-refractivity contribution in [3.63, 3.8) is 0 Å². The number of pyridine rings is 1. The van der Waals surface area contributed by atoms with Gasteiger partial charge in [0.25, 0.3) is 11.8 Å². The van der Waals surface area contributed by atoms with Crippen molar-refractivity contribution in [2.75, 3.05) is 18.5 Å². The molecule has 2 rings (SSSR count). The second kappa shape index (κ2) is 11.1. The number of carbonyl (C=O) groups excluding carboxylic acids is 2. The second-order valence-electron chi connectivity index (χ2n) is 7.22. The summed E-state index contributed by atoms with van der Waals surface area (Å²) in [6, 6.07) is 10.7. The predicted molar refractivity (Wildman–Crippen MR) is 118 cm³/mol. The minimum atomic E-state index is -0.384. The first-order chi connectivity index (χ1) is 13.8. The standard InChI is InChI=1S/C22H28BrN3O3/c1-5-11-29-20(23)16-7-6-8-17(12-16)26-21(27)18-10-9-15(4)25-19(18)22(28)24-13-14(2)3/h6-10,12,14,20H,5,11,13H2,1-4H3,(H,24,28)(H,26,27). The molecule has 0 radical (unpaired) electrons. The van der Waals surface area contributed by atoms with Gasteiger partial charge in [0.05, 0.1) is 5.56 Å². The molecule has 0 aliphatic rings. The monoisotopic (exact) mass is 461 g/mol. The number of hydrogen-bond donors (Lipinski definition) is 2. The van der Waals surface area contributed by atoms with Crippen LogP contribution in [0, 0.1) is 12.8 Å². The Balaban J connectivity index is 2.20. The summed E-state index contributed by atoms with van der Waals surface area (Å²) in [5.74, 6) is -0.435. The van der Waals surface area contributed by atoms with Crippen LogP contribution in [0.3, 0.4) is 0 Å². The maximum absolute atomic E-state index is 12.9. The lowest BCUT2D eigenvalue weighted by Gasteiger charge is -2.14. The largest absolute Gasteiger partial charge is 0.362 e. The van der Waals surface area contributed by atoms with Crippen molar-refractivity contribution in [3.8, 4) is 0 Å². The number of ether oxygens (including phenoxy) is 1. The molecular weight excluding hydrogens is 434 g/mol. The number of benzene rings is 1. The molecule has 1 aromatic heterocycles. The first kappa shape index (κ1) is 23.0. The average Bonchev–Trinajstić information content (AvgIpc) is 2.70. The van der Waals surface area contributed by atoms with Gasteiger partial charge in [-0.3, -0.25) is 9.59 Å². The molecule has 0 aliphatic heterocycles. The Labute approximate surface area is 180 Å². The first-order valence-electron chi connectivity index (χ1n) is 9.74. The van der Waals surface area contributed by atoms with Crippen LogP contribution in [-0.2, 0) is 4.74 Å². The number of hydrogen-bond acceptors (Lipinski definition) is 4. The molecule has 0 fully saturated rings. The van der Waals surface area contributed by atoms with Crippen molar-refractivity contribution in [1.29, 1.82) is 0 Å². The summed E-state index contributed by atoms with van der Waals surface area (Å²) in [5, 5.41) is 5.43. The zero-order valence-electron chi connectivity index (χ0n) is 17.3. The van der Waals surface area contributed by atoms with Gasteiger partial charge in [0.15, 0.2) is 0 Å². The van der Waals surface area contributed by atoms with Gasteiger partial charge in [-0.25, -0.2) is 4.98 Å². The van der Waals surface area contributed by atoms with Gasteiger partial charge in [-0.05, 0) is 49.1 Å². The van der Waals surface area contributed by atoms with E-state index in [-0.39, 0.29) is 28.1 Å². The maximum atomic E-state index is 12.9. The third kappa shape index (κ3) is 6.94. The number of anilines is 1. The quantitative estimate of drug-likeness (QED) is 0.523. The third-order valence-corrected chi connectivity index (χ3v) is 4.83. The fourth-order valence-corrected chi connectivity index (χ4v) is 3.04. The molecule has 1 heterocycles. The van der Waals surface area contributed by atoms with Crippen LogP contribution in [0.4, 0.5) is 5.69 Å². The zero-order chi connectivity index (χ0) is 21.4. The molecule has 2 N–H and O–H groups in total. The molecule has 6 nitrogen and oxygen atoms in total. The summed E-state index contributed by atoms with van der Waals surface area (Å²) >= 11 is 3.50. The summed E-state index contributed by atoms with van der Waals surface area (Å²) in [7, 11) is 0. The van der Waals surface area contributed by atoms with Crippen molar-refractivity contribution in [3.05, 3.63) is 58.9 Å². The normalized spacial score (nSPS) is 11.9. The summed E-state index contributed by atoms with van der Waals surface area (Å²) in [6.07, 6.45) is 0.917. The van der Waals surface area contributed by atoms with Crippen molar-refractivity contribution in [2.24, 2.45) is 5.92 Å². The molecule has 0 saturated carbocycles. The number of aryl methyl sites for hydroxylation is 1. The van der Waals surface area contributed by atoms with Gasteiger partial charge in [0.1, 0.15) is 10.7 Å². The summed E-state index contributed by atoms with van der Waals surface area (Å²) in [4.78, 5) is 29.7. The number of amides is 2. The van der Waals surface area contributed by atoms with Crippen molar-refractivity contribution in [1.82, 2.24) is 10.3 Å². The van der Waals surface area contributed by atoms with Crippen LogP contribution in [-0.4, -0.2) is 29.9 Å². The van der Waals surface area contributed by atoms with E-state index in [4.69, 9.17) is 4.74 Å². The highest BCUT2D eigenvalue weighted by Crippen LogP contribution is 2.26. The molecule has 0 aliphatic carbocycles. The molecular formula is C22H28BrN3O3. The number of rotatable bonds is 9. The Morgan fingerprint density at radius 3 is 2.62 bits per heavy atom. The van der Waals surface area contributed by atoms with E-state index in [1.54, 1.807) is 25.1 Å². The third-order valence-electron chi connectivity index (χ3n) is 4.04. The molecule has 156 valence electrons. The first-order valence-corrected chi connectivity index (χ1v) is 10.7. The van der Waals surface area contributed by atoms with Crippen molar-refractivity contribution < 1.29 is 14.3 Å². The van der Waals surface area contributed by atoms with Crippen LogP contribution in [0.15, 0.2) is 36.4 Å². The SMILES string of the molecule is CCCOC(Br)c1cccc(NC(=O)c2ccc(C)nc2C(=O)NCC(C)C)c1. The highest BCUT2D eigenvalue weighted by atomic mass is 79.9. The number of halogens is 1. The predicted octanol–water partition coefficient (Wildman–Crippen LogP) is 4.85. The summed E-state index contributed by atoms with van der Waals surface area (Å²) < 4.78 is 5.67. The number of nitrogens with one attached hydrogen (secondary N) is 2. The van der Waals surface area contributed by atoms with Crippen molar-refractivity contribution in [2.45, 2.75) is 39.1 Å². The average molecular weight is 462 g/mol. The fraction of sp³-hybridized carbons (Fsp3) is 0.409. The Kier molecular flexibility index (Phi) is 8.79. The summed E-state index contributed by atoms with van der Waals surface area (Å²) in [5.41, 5.74) is 2.55. The van der Waals surface area contributed by atoms with E-state index in [2.05, 4.69) is 31.5 Å². The maximum Gasteiger partial charge on any atom is 0.270 e. The molecule has 2 amide bonds.